The zero-order chi connectivity index (χ0) is 19.7. The molecule has 1 aliphatic carbocycles. The van der Waals surface area contributed by atoms with Crippen LogP contribution in [0.25, 0.3) is 10.2 Å². The van der Waals surface area contributed by atoms with Gasteiger partial charge in [0.1, 0.15) is 0 Å². The van der Waals surface area contributed by atoms with Gasteiger partial charge in [0.25, 0.3) is 5.91 Å². The number of nitrogens with zero attached hydrogens (tertiary/aromatic N) is 4. The van der Waals surface area contributed by atoms with Gasteiger partial charge in [0, 0.05) is 24.3 Å². The summed E-state index contributed by atoms with van der Waals surface area (Å²) >= 11 is 1.48. The zero-order valence-electron chi connectivity index (χ0n) is 15.0. The van der Waals surface area contributed by atoms with Crippen molar-refractivity contribution in [2.75, 3.05) is 6.54 Å². The molecule has 28 heavy (non-hydrogen) atoms. The van der Waals surface area contributed by atoms with Gasteiger partial charge in [0.15, 0.2) is 5.69 Å². The second kappa shape index (κ2) is 7.54. The average molecular weight is 408 g/mol. The Morgan fingerprint density at radius 2 is 2.04 bits per heavy atom. The molecule has 1 amide bonds. The molecule has 1 aliphatic rings. The van der Waals surface area contributed by atoms with Crippen molar-refractivity contribution >= 4 is 27.5 Å². The number of hydrogen-bond donors (Lipinski definition) is 0. The van der Waals surface area contributed by atoms with Crippen LogP contribution in [0.2, 0.25) is 0 Å². The fourth-order valence-corrected chi connectivity index (χ4v) is 4.38. The third-order valence-electron chi connectivity index (χ3n) is 5.11. The molecule has 0 bridgehead atoms. The molecule has 0 spiro atoms. The quantitative estimate of drug-likeness (QED) is 0.620. The molecular formula is C19H19F3N4OS. The van der Waals surface area contributed by atoms with Gasteiger partial charge in [-0.2, -0.15) is 18.3 Å². The first-order valence-electron chi connectivity index (χ1n) is 9.17. The Balaban J connectivity index is 1.53. The highest BCUT2D eigenvalue weighted by atomic mass is 32.1. The van der Waals surface area contributed by atoms with Gasteiger partial charge in [0.05, 0.1) is 22.3 Å². The number of thiazole rings is 1. The first-order chi connectivity index (χ1) is 13.4. The van der Waals surface area contributed by atoms with E-state index in [1.807, 2.05) is 12.1 Å². The van der Waals surface area contributed by atoms with E-state index in [0.717, 1.165) is 42.0 Å². The minimum Gasteiger partial charge on any atom is -0.334 e. The Bertz CT molecular complexity index is 975. The lowest BCUT2D eigenvalue weighted by molar-refractivity contribution is -0.141. The summed E-state index contributed by atoms with van der Waals surface area (Å²) in [7, 11) is 0. The van der Waals surface area contributed by atoms with Crippen LogP contribution in [0.5, 0.6) is 0 Å². The zero-order valence-corrected chi connectivity index (χ0v) is 15.8. The van der Waals surface area contributed by atoms with Crippen LogP contribution in [-0.2, 0) is 12.7 Å². The number of aromatic nitrogens is 3. The Hall–Kier alpha value is -2.42. The molecule has 9 heteroatoms. The molecule has 1 aromatic carbocycles. The molecule has 0 atom stereocenters. The number of benzene rings is 1. The monoisotopic (exact) mass is 408 g/mol. The lowest BCUT2D eigenvalue weighted by Crippen LogP contribution is -2.41. The lowest BCUT2D eigenvalue weighted by Gasteiger charge is -2.29. The molecule has 4 rings (SSSR count). The van der Waals surface area contributed by atoms with Gasteiger partial charge in [-0.1, -0.05) is 12.8 Å². The Labute approximate surface area is 163 Å². The second-order valence-corrected chi connectivity index (χ2v) is 7.82. The van der Waals surface area contributed by atoms with E-state index in [2.05, 4.69) is 10.1 Å². The number of halogens is 3. The van der Waals surface area contributed by atoms with E-state index in [-0.39, 0.29) is 18.5 Å². The van der Waals surface area contributed by atoms with Gasteiger partial charge in [-0.15, -0.1) is 11.3 Å². The number of alkyl halides is 3. The van der Waals surface area contributed by atoms with E-state index >= 15 is 0 Å². The fraction of sp³-hybridized carbons (Fsp3) is 0.421. The molecule has 2 aromatic heterocycles. The predicted octanol–water partition coefficient (Wildman–Crippen LogP) is 4.60. The minimum absolute atomic E-state index is 0.0922. The molecule has 0 saturated heterocycles. The van der Waals surface area contributed by atoms with Crippen LogP contribution in [0.3, 0.4) is 0 Å². The molecule has 148 valence electrons. The number of hydrogen-bond acceptors (Lipinski definition) is 4. The summed E-state index contributed by atoms with van der Waals surface area (Å²) in [5.74, 6) is -0.0922. The Morgan fingerprint density at radius 3 is 2.75 bits per heavy atom. The van der Waals surface area contributed by atoms with Gasteiger partial charge >= 0.3 is 6.18 Å². The molecule has 0 unspecified atom stereocenters. The van der Waals surface area contributed by atoms with E-state index in [1.165, 1.54) is 22.2 Å². The van der Waals surface area contributed by atoms with Crippen LogP contribution >= 0.6 is 11.3 Å². The number of carbonyl (C=O) groups is 1. The van der Waals surface area contributed by atoms with Crippen molar-refractivity contribution in [3.05, 3.63) is 47.2 Å². The number of rotatable bonds is 5. The van der Waals surface area contributed by atoms with Crippen LogP contribution in [-0.4, -0.2) is 38.2 Å². The lowest BCUT2D eigenvalue weighted by atomic mass is 10.1. The largest absolute Gasteiger partial charge is 0.435 e. The van der Waals surface area contributed by atoms with Crippen LogP contribution in [0.4, 0.5) is 13.2 Å². The summed E-state index contributed by atoms with van der Waals surface area (Å²) in [6, 6.07) is 6.51. The van der Waals surface area contributed by atoms with Crippen LogP contribution in [0.1, 0.15) is 41.7 Å². The third kappa shape index (κ3) is 3.89. The van der Waals surface area contributed by atoms with Crippen molar-refractivity contribution in [1.82, 2.24) is 19.7 Å². The van der Waals surface area contributed by atoms with Crippen molar-refractivity contribution in [2.45, 2.75) is 44.4 Å². The Kier molecular flexibility index (Phi) is 5.09. The highest BCUT2D eigenvalue weighted by molar-refractivity contribution is 7.16. The van der Waals surface area contributed by atoms with E-state index in [9.17, 15) is 18.0 Å². The maximum absolute atomic E-state index is 13.2. The van der Waals surface area contributed by atoms with E-state index in [4.69, 9.17) is 0 Å². The Morgan fingerprint density at radius 1 is 1.25 bits per heavy atom. The molecule has 0 N–H and O–H groups in total. The number of carbonyl (C=O) groups excluding carboxylic acids is 1. The highest BCUT2D eigenvalue weighted by Crippen LogP contribution is 2.28. The molecule has 0 aliphatic heterocycles. The van der Waals surface area contributed by atoms with Crippen molar-refractivity contribution in [2.24, 2.45) is 0 Å². The van der Waals surface area contributed by atoms with Crippen molar-refractivity contribution in [3.63, 3.8) is 0 Å². The van der Waals surface area contributed by atoms with Gasteiger partial charge in [0.2, 0.25) is 0 Å². The van der Waals surface area contributed by atoms with Gasteiger partial charge in [-0.05, 0) is 37.1 Å². The molecule has 1 saturated carbocycles. The molecule has 2 heterocycles. The SMILES string of the molecule is O=C(c1ccc2ncsc2c1)N(CCn1ccc(C(F)(F)F)n1)C1CCCC1. The molecular weight excluding hydrogens is 389 g/mol. The third-order valence-corrected chi connectivity index (χ3v) is 5.90. The van der Waals surface area contributed by atoms with Crippen LogP contribution in [0, 0.1) is 0 Å². The maximum Gasteiger partial charge on any atom is 0.435 e. The predicted molar refractivity (Wildman–Crippen MR) is 100 cm³/mol. The summed E-state index contributed by atoms with van der Waals surface area (Å²) in [5, 5.41) is 3.59. The van der Waals surface area contributed by atoms with Gasteiger partial charge in [-0.25, -0.2) is 4.98 Å². The fourth-order valence-electron chi connectivity index (χ4n) is 3.67. The van der Waals surface area contributed by atoms with E-state index < -0.39 is 11.9 Å². The first-order valence-corrected chi connectivity index (χ1v) is 10.0. The van der Waals surface area contributed by atoms with Crippen LogP contribution in [0.15, 0.2) is 36.0 Å². The van der Waals surface area contributed by atoms with E-state index in [0.29, 0.717) is 12.1 Å². The smallest absolute Gasteiger partial charge is 0.334 e. The molecule has 3 aromatic rings. The molecule has 5 nitrogen and oxygen atoms in total. The summed E-state index contributed by atoms with van der Waals surface area (Å²) in [5.41, 5.74) is 2.26. The maximum atomic E-state index is 13.2. The minimum atomic E-state index is -4.46. The number of amides is 1. The topological polar surface area (TPSA) is 51.0 Å². The summed E-state index contributed by atoms with van der Waals surface area (Å²) in [4.78, 5) is 19.2. The van der Waals surface area contributed by atoms with Crippen molar-refractivity contribution in [1.29, 1.82) is 0 Å². The molecule has 1 fully saturated rings. The van der Waals surface area contributed by atoms with Crippen molar-refractivity contribution in [3.8, 4) is 0 Å². The highest BCUT2D eigenvalue weighted by Gasteiger charge is 2.34. The molecule has 0 radical (unpaired) electrons. The number of fused-ring (bicyclic) bond motifs is 1. The standard InChI is InChI=1S/C19H19F3N4OS/c20-19(21,22)17-7-8-25(24-17)9-10-26(14-3-1-2-4-14)18(27)13-5-6-15-16(11-13)28-12-23-15/h5-8,11-12,14H,1-4,9-10H2. The van der Waals surface area contributed by atoms with Gasteiger partial charge < -0.3 is 4.90 Å². The van der Waals surface area contributed by atoms with Crippen molar-refractivity contribution < 1.29 is 18.0 Å². The normalized spacial score (nSPS) is 15.4. The summed E-state index contributed by atoms with van der Waals surface area (Å²) in [6.45, 7) is 0.546. The summed E-state index contributed by atoms with van der Waals surface area (Å²) in [6.07, 6.45) is 0.799. The average Bonchev–Trinajstić information content (AvgIpc) is 3.41. The first kappa shape index (κ1) is 18.9. The van der Waals surface area contributed by atoms with E-state index in [1.54, 1.807) is 16.5 Å². The second-order valence-electron chi connectivity index (χ2n) is 6.93. The summed E-state index contributed by atoms with van der Waals surface area (Å²) < 4.78 is 40.5. The van der Waals surface area contributed by atoms with Crippen LogP contribution < -0.4 is 0 Å². The van der Waals surface area contributed by atoms with Gasteiger partial charge in [-0.3, -0.25) is 9.48 Å².